The molecule has 0 saturated heterocycles. The summed E-state index contributed by atoms with van der Waals surface area (Å²) in [6.07, 6.45) is 5.42. The largest absolute Gasteiger partial charge is 0.483 e. The highest BCUT2D eigenvalue weighted by atomic mass is 79.9. The van der Waals surface area contributed by atoms with Gasteiger partial charge >= 0.3 is 5.97 Å². The van der Waals surface area contributed by atoms with Crippen LogP contribution in [0.1, 0.15) is 50.6 Å². The first-order chi connectivity index (χ1) is 16.3. The summed E-state index contributed by atoms with van der Waals surface area (Å²) in [7, 11) is 0. The van der Waals surface area contributed by atoms with E-state index in [4.69, 9.17) is 4.74 Å². The molecule has 0 radical (unpaired) electrons. The fourth-order valence-corrected chi connectivity index (χ4v) is 6.76. The molecule has 10 heteroatoms. The van der Waals surface area contributed by atoms with E-state index in [1.165, 1.54) is 4.88 Å². The monoisotopic (exact) mass is 607 g/mol. The zero-order valence-corrected chi connectivity index (χ0v) is 22.6. The number of hydrazone groups is 1. The van der Waals surface area contributed by atoms with Gasteiger partial charge in [0.2, 0.25) is 0 Å². The molecule has 1 amide bonds. The third-order valence-corrected chi connectivity index (χ3v) is 8.08. The van der Waals surface area contributed by atoms with Crippen LogP contribution in [-0.4, -0.2) is 34.4 Å². The van der Waals surface area contributed by atoms with Gasteiger partial charge in [-0.25, -0.2) is 10.2 Å². The van der Waals surface area contributed by atoms with Crippen LogP contribution in [0.15, 0.2) is 38.3 Å². The van der Waals surface area contributed by atoms with Crippen molar-refractivity contribution in [3.05, 3.63) is 66.2 Å². The van der Waals surface area contributed by atoms with Crippen molar-refractivity contribution < 1.29 is 19.4 Å². The summed E-state index contributed by atoms with van der Waals surface area (Å²) in [6, 6.07) is 7.35. The molecule has 1 aliphatic rings. The van der Waals surface area contributed by atoms with Crippen molar-refractivity contribution in [2.75, 3.05) is 6.61 Å². The molecule has 0 atom stereocenters. The van der Waals surface area contributed by atoms with E-state index in [-0.39, 0.29) is 12.5 Å². The smallest absolute Gasteiger partial charge is 0.339 e. The molecule has 3 aromatic rings. The number of carboxylic acids is 1. The summed E-state index contributed by atoms with van der Waals surface area (Å²) in [5, 5.41) is 14.7. The molecule has 0 fully saturated rings. The molecule has 7 nitrogen and oxygen atoms in total. The lowest BCUT2D eigenvalue weighted by Gasteiger charge is -2.11. The summed E-state index contributed by atoms with van der Waals surface area (Å²) < 4.78 is 9.14. The Morgan fingerprint density at radius 1 is 1.24 bits per heavy atom. The lowest BCUT2D eigenvalue weighted by Crippen LogP contribution is -2.24. The van der Waals surface area contributed by atoms with Gasteiger partial charge in [0.25, 0.3) is 5.91 Å². The Bertz CT molecular complexity index is 1300. The Morgan fingerprint density at radius 2 is 2.00 bits per heavy atom. The van der Waals surface area contributed by atoms with Gasteiger partial charge in [-0.05, 0) is 85.3 Å². The highest BCUT2D eigenvalue weighted by Gasteiger charge is 2.27. The summed E-state index contributed by atoms with van der Waals surface area (Å²) in [5.74, 6) is -0.723. The number of fused-ring (bicyclic) bond motifs is 1. The number of ether oxygens (including phenoxy) is 1. The van der Waals surface area contributed by atoms with E-state index >= 15 is 0 Å². The number of hydrogen-bond acceptors (Lipinski definition) is 5. The number of carbonyl (C=O) groups is 2. The highest BCUT2D eigenvalue weighted by Crippen LogP contribution is 2.38. The van der Waals surface area contributed by atoms with Gasteiger partial charge in [0.15, 0.2) is 6.61 Å². The number of rotatable bonds is 7. The van der Waals surface area contributed by atoms with E-state index in [1.807, 2.05) is 36.6 Å². The average Bonchev–Trinajstić information content (AvgIpc) is 3.29. The lowest BCUT2D eigenvalue weighted by atomic mass is 9.95. The first-order valence-electron chi connectivity index (χ1n) is 10.7. The number of thiophene rings is 1. The van der Waals surface area contributed by atoms with Crippen LogP contribution < -0.4 is 10.2 Å². The molecule has 178 valence electrons. The summed E-state index contributed by atoms with van der Waals surface area (Å²) in [5.41, 5.74) is 6.45. The second kappa shape index (κ2) is 10.5. The van der Waals surface area contributed by atoms with E-state index in [0.29, 0.717) is 11.3 Å². The van der Waals surface area contributed by atoms with Gasteiger partial charge in [-0.2, -0.15) is 5.10 Å². The Labute approximate surface area is 218 Å². The maximum absolute atomic E-state index is 12.2. The number of aromatic carboxylic acids is 1. The molecule has 1 aliphatic carbocycles. The van der Waals surface area contributed by atoms with Gasteiger partial charge in [-0.3, -0.25) is 4.79 Å². The molecule has 2 aromatic heterocycles. The minimum atomic E-state index is -0.887. The first-order valence-corrected chi connectivity index (χ1v) is 13.1. The third-order valence-electron chi connectivity index (χ3n) is 5.69. The Hall–Kier alpha value is -2.43. The fourth-order valence-electron chi connectivity index (χ4n) is 4.10. The average molecular weight is 609 g/mol. The number of nitrogens with zero attached hydrogens (tertiary/aromatic N) is 2. The zero-order valence-electron chi connectivity index (χ0n) is 18.7. The molecular formula is C24H23Br2N3O4S. The van der Waals surface area contributed by atoms with Crippen molar-refractivity contribution in [3.63, 3.8) is 0 Å². The molecule has 0 spiro atoms. The predicted octanol–water partition coefficient (Wildman–Crippen LogP) is 5.79. The summed E-state index contributed by atoms with van der Waals surface area (Å²) in [4.78, 5) is 25.4. The first kappa shape index (κ1) is 24.7. The second-order valence-corrected chi connectivity index (χ2v) is 10.9. The van der Waals surface area contributed by atoms with Crippen LogP contribution in [0.5, 0.6) is 5.75 Å². The number of aryl methyl sites for hydroxylation is 2. The van der Waals surface area contributed by atoms with Gasteiger partial charge in [-0.1, -0.05) is 15.9 Å². The maximum Gasteiger partial charge on any atom is 0.339 e. The van der Waals surface area contributed by atoms with Crippen molar-refractivity contribution in [1.29, 1.82) is 0 Å². The van der Waals surface area contributed by atoms with Crippen molar-refractivity contribution in [2.24, 2.45) is 5.10 Å². The SMILES string of the molecule is Cc1cc(/C=N/NC(=O)COc2ccc(Br)cc2Br)c(C)n1-c1sc2c(c1C(=O)O)CCCC2. The topological polar surface area (TPSA) is 92.9 Å². The van der Waals surface area contributed by atoms with Crippen LogP contribution in [0.4, 0.5) is 0 Å². The number of aromatic nitrogens is 1. The van der Waals surface area contributed by atoms with E-state index in [9.17, 15) is 14.7 Å². The van der Waals surface area contributed by atoms with Crippen LogP contribution in [0.3, 0.4) is 0 Å². The molecule has 34 heavy (non-hydrogen) atoms. The lowest BCUT2D eigenvalue weighted by molar-refractivity contribution is -0.123. The number of hydrogen-bond donors (Lipinski definition) is 2. The fraction of sp³-hybridized carbons (Fsp3) is 0.292. The Morgan fingerprint density at radius 3 is 2.74 bits per heavy atom. The number of carboxylic acid groups (broad SMARTS) is 1. The highest BCUT2D eigenvalue weighted by molar-refractivity contribution is 9.11. The zero-order chi connectivity index (χ0) is 24.4. The van der Waals surface area contributed by atoms with Crippen molar-refractivity contribution in [3.8, 4) is 10.8 Å². The molecule has 0 unspecified atom stereocenters. The van der Waals surface area contributed by atoms with Gasteiger partial charge in [-0.15, -0.1) is 11.3 Å². The van der Waals surface area contributed by atoms with Gasteiger partial charge in [0, 0.05) is 26.3 Å². The van der Waals surface area contributed by atoms with Crippen LogP contribution in [0.2, 0.25) is 0 Å². The molecule has 1 aromatic carbocycles. The maximum atomic E-state index is 12.2. The van der Waals surface area contributed by atoms with Crippen LogP contribution in [-0.2, 0) is 17.6 Å². The molecular weight excluding hydrogens is 586 g/mol. The van der Waals surface area contributed by atoms with Crippen molar-refractivity contribution in [2.45, 2.75) is 39.5 Å². The number of carbonyl (C=O) groups excluding carboxylic acids is 1. The molecule has 0 bridgehead atoms. The predicted molar refractivity (Wildman–Crippen MR) is 140 cm³/mol. The van der Waals surface area contributed by atoms with Crippen LogP contribution in [0.25, 0.3) is 5.00 Å². The Kier molecular flexibility index (Phi) is 7.59. The molecule has 4 rings (SSSR count). The molecule has 0 saturated carbocycles. The van der Waals surface area contributed by atoms with Crippen molar-refractivity contribution in [1.82, 2.24) is 9.99 Å². The molecule has 2 N–H and O–H groups in total. The van der Waals surface area contributed by atoms with E-state index in [1.54, 1.807) is 23.6 Å². The van der Waals surface area contributed by atoms with Gasteiger partial charge in [0.1, 0.15) is 10.8 Å². The standard InChI is InChI=1S/C24H23Br2N3O4S/c1-13-9-15(11-27-28-21(30)12-33-19-8-7-16(25)10-18(19)26)14(2)29(13)23-22(24(31)32)17-5-3-4-6-20(17)34-23/h7-11H,3-6,12H2,1-2H3,(H,28,30)(H,31,32)/b27-11+. The van der Waals surface area contributed by atoms with Crippen LogP contribution in [0, 0.1) is 13.8 Å². The molecule has 2 heterocycles. The van der Waals surface area contributed by atoms with E-state index < -0.39 is 5.97 Å². The Balaban J connectivity index is 1.48. The number of nitrogens with one attached hydrogen (secondary N) is 1. The van der Waals surface area contributed by atoms with E-state index in [2.05, 4.69) is 42.4 Å². The van der Waals surface area contributed by atoms with Crippen LogP contribution >= 0.6 is 43.2 Å². The van der Waals surface area contributed by atoms with E-state index in [0.717, 1.165) is 62.1 Å². The number of halogens is 2. The minimum absolute atomic E-state index is 0.181. The normalized spacial score (nSPS) is 13.2. The quantitative estimate of drug-likeness (QED) is 0.262. The summed E-state index contributed by atoms with van der Waals surface area (Å²) in [6.45, 7) is 3.69. The number of benzene rings is 1. The second-order valence-electron chi connectivity index (χ2n) is 8.01. The third kappa shape index (κ3) is 5.13. The minimum Gasteiger partial charge on any atom is -0.483 e. The van der Waals surface area contributed by atoms with Crippen molar-refractivity contribution >= 4 is 61.3 Å². The summed E-state index contributed by atoms with van der Waals surface area (Å²) >= 11 is 8.33. The number of amides is 1. The van der Waals surface area contributed by atoms with Gasteiger partial charge in [0.05, 0.1) is 16.3 Å². The molecule has 0 aliphatic heterocycles. The van der Waals surface area contributed by atoms with Gasteiger partial charge < -0.3 is 14.4 Å².